The predicted molar refractivity (Wildman–Crippen MR) is 112 cm³/mol. The van der Waals surface area contributed by atoms with Gasteiger partial charge in [0.25, 0.3) is 0 Å². The van der Waals surface area contributed by atoms with Gasteiger partial charge in [0.15, 0.2) is 5.78 Å². The molecule has 5 heteroatoms. The van der Waals surface area contributed by atoms with Crippen LogP contribution in [-0.2, 0) is 24.9 Å². The van der Waals surface area contributed by atoms with E-state index in [9.17, 15) is 4.79 Å². The van der Waals surface area contributed by atoms with Gasteiger partial charge in [-0.05, 0) is 42.1 Å². The Morgan fingerprint density at radius 1 is 0.966 bits per heavy atom. The molecule has 0 aliphatic heterocycles. The van der Waals surface area contributed by atoms with Crippen LogP contribution in [0.3, 0.4) is 0 Å². The first kappa shape index (κ1) is 22.3. The minimum absolute atomic E-state index is 0. The van der Waals surface area contributed by atoms with Gasteiger partial charge in [0.1, 0.15) is 0 Å². The SMILES string of the molecule is CC(=O)/C=C(/C)O.[Ir].[c-]1ccccc1Oc1cc2cc3ccccc3cc2cn1. The number of aliphatic hydroxyl groups excluding tert-OH is 1. The maximum absolute atomic E-state index is 10.0. The van der Waals surface area contributed by atoms with Gasteiger partial charge in [0.05, 0.1) is 5.76 Å². The summed E-state index contributed by atoms with van der Waals surface area (Å²) in [5.41, 5.74) is 0. The van der Waals surface area contributed by atoms with E-state index in [1.807, 2.05) is 48.7 Å². The average Bonchev–Trinajstić information content (AvgIpc) is 2.66. The smallest absolute Gasteiger partial charge is 0.217 e. The second kappa shape index (κ2) is 10.5. The van der Waals surface area contributed by atoms with Crippen molar-refractivity contribution in [3.8, 4) is 11.6 Å². The van der Waals surface area contributed by atoms with Gasteiger partial charge in [-0.1, -0.05) is 24.3 Å². The molecule has 29 heavy (non-hydrogen) atoms. The van der Waals surface area contributed by atoms with Gasteiger partial charge in [-0.2, -0.15) is 18.2 Å². The van der Waals surface area contributed by atoms with Crippen LogP contribution in [0.25, 0.3) is 21.5 Å². The van der Waals surface area contributed by atoms with Gasteiger partial charge >= 0.3 is 0 Å². The van der Waals surface area contributed by atoms with E-state index in [-0.39, 0.29) is 31.6 Å². The fraction of sp³-hybridized carbons (Fsp3) is 0.0833. The maximum atomic E-state index is 10.0. The van der Waals surface area contributed by atoms with Gasteiger partial charge in [-0.25, -0.2) is 4.98 Å². The van der Waals surface area contributed by atoms with Crippen molar-refractivity contribution in [3.05, 3.63) is 90.8 Å². The summed E-state index contributed by atoms with van der Waals surface area (Å²) in [7, 11) is 0. The van der Waals surface area contributed by atoms with Gasteiger partial charge in [0, 0.05) is 49.6 Å². The van der Waals surface area contributed by atoms with Crippen molar-refractivity contribution < 1.29 is 34.7 Å². The number of para-hydroxylation sites is 1. The molecule has 0 aliphatic carbocycles. The molecule has 4 aromatic rings. The number of nitrogens with zero attached hydrogens (tertiary/aromatic N) is 1. The molecule has 0 saturated heterocycles. The molecule has 1 N–H and O–H groups in total. The zero-order chi connectivity index (χ0) is 19.9. The van der Waals surface area contributed by atoms with E-state index in [2.05, 4.69) is 35.3 Å². The third-order valence-corrected chi connectivity index (χ3v) is 3.87. The number of aliphatic hydroxyl groups is 1. The molecule has 1 radical (unpaired) electrons. The summed E-state index contributed by atoms with van der Waals surface area (Å²) >= 11 is 0. The molecule has 4 rings (SSSR count). The summed E-state index contributed by atoms with van der Waals surface area (Å²) in [6, 6.07) is 25.1. The van der Waals surface area contributed by atoms with Crippen molar-refractivity contribution >= 4 is 27.3 Å². The molecule has 3 aromatic carbocycles. The van der Waals surface area contributed by atoms with E-state index in [4.69, 9.17) is 9.84 Å². The molecule has 0 bridgehead atoms. The minimum atomic E-state index is -0.125. The number of carbonyl (C=O) groups excluding carboxylic acids is 1. The largest absolute Gasteiger partial charge is 0.512 e. The first-order chi connectivity index (χ1) is 13.5. The Bertz CT molecular complexity index is 1140. The Balaban J connectivity index is 0.000000327. The molecule has 0 atom stereocenters. The third kappa shape index (κ3) is 6.53. The van der Waals surface area contributed by atoms with Gasteiger partial charge in [-0.3, -0.25) is 4.79 Å². The van der Waals surface area contributed by atoms with Crippen LogP contribution in [0.5, 0.6) is 11.6 Å². The van der Waals surface area contributed by atoms with Gasteiger partial charge in [0.2, 0.25) is 5.88 Å². The van der Waals surface area contributed by atoms with Crippen molar-refractivity contribution in [1.82, 2.24) is 4.98 Å². The molecule has 0 aliphatic rings. The zero-order valence-electron chi connectivity index (χ0n) is 16.0. The molecule has 4 nitrogen and oxygen atoms in total. The number of carbonyl (C=O) groups is 1. The summed E-state index contributed by atoms with van der Waals surface area (Å²) in [6.45, 7) is 2.85. The van der Waals surface area contributed by atoms with E-state index in [0.717, 1.165) is 10.8 Å². The summed E-state index contributed by atoms with van der Waals surface area (Å²) in [5.74, 6) is 1.19. The van der Waals surface area contributed by atoms with Crippen molar-refractivity contribution in [2.24, 2.45) is 0 Å². The standard InChI is InChI=1S/C19H12NO.C5H8O2.Ir/c1-2-8-18(9-3-1)21-19-12-16-10-14-6-4-5-7-15(14)11-17(16)13-20-19;1-4(6)3-5(2)7;/h1-8,10-13H;3,6H,1-2H3;/q-1;;/b;4-3-;. The van der Waals surface area contributed by atoms with Crippen LogP contribution in [0.15, 0.2) is 84.8 Å². The van der Waals surface area contributed by atoms with Crippen molar-refractivity contribution in [2.45, 2.75) is 13.8 Å². The van der Waals surface area contributed by atoms with Crippen LogP contribution in [0.4, 0.5) is 0 Å². The summed E-state index contributed by atoms with van der Waals surface area (Å²) in [5, 5.41) is 13.0. The number of rotatable bonds is 3. The second-order valence-corrected chi connectivity index (χ2v) is 6.29. The van der Waals surface area contributed by atoms with Crippen LogP contribution in [0.2, 0.25) is 0 Å². The number of hydrogen-bond donors (Lipinski definition) is 1. The van der Waals surface area contributed by atoms with E-state index in [1.165, 1.54) is 30.7 Å². The Morgan fingerprint density at radius 2 is 1.62 bits per heavy atom. The first-order valence-corrected chi connectivity index (χ1v) is 8.82. The molecule has 1 heterocycles. The Hall–Kier alpha value is -3.01. The van der Waals surface area contributed by atoms with E-state index in [1.54, 1.807) is 0 Å². The summed E-state index contributed by atoms with van der Waals surface area (Å²) in [4.78, 5) is 14.4. The van der Waals surface area contributed by atoms with E-state index < -0.39 is 0 Å². The van der Waals surface area contributed by atoms with Crippen LogP contribution in [0.1, 0.15) is 13.8 Å². The number of ketones is 1. The third-order valence-electron chi connectivity index (χ3n) is 3.87. The van der Waals surface area contributed by atoms with Crippen molar-refractivity contribution in [1.29, 1.82) is 0 Å². The molecule has 0 unspecified atom stereocenters. The number of pyridine rings is 1. The van der Waals surface area contributed by atoms with Crippen molar-refractivity contribution in [3.63, 3.8) is 0 Å². The molecule has 0 saturated carbocycles. The molecule has 0 spiro atoms. The number of hydrogen-bond acceptors (Lipinski definition) is 4. The quantitative estimate of drug-likeness (QED) is 0.144. The number of fused-ring (bicyclic) bond motifs is 2. The maximum Gasteiger partial charge on any atom is 0.217 e. The molecule has 149 valence electrons. The Labute approximate surface area is 183 Å². The van der Waals surface area contributed by atoms with Crippen LogP contribution >= 0.6 is 0 Å². The fourth-order valence-electron chi connectivity index (χ4n) is 2.72. The first-order valence-electron chi connectivity index (χ1n) is 8.82. The Kier molecular flexibility index (Phi) is 8.08. The summed E-state index contributed by atoms with van der Waals surface area (Å²) in [6.07, 6.45) is 3.01. The molecule has 0 amide bonds. The molecule has 1 aromatic heterocycles. The van der Waals surface area contributed by atoms with Crippen LogP contribution in [-0.4, -0.2) is 15.9 Å². The molecule has 0 fully saturated rings. The second-order valence-electron chi connectivity index (χ2n) is 6.29. The average molecular weight is 563 g/mol. The number of aromatic nitrogens is 1. The van der Waals surface area contributed by atoms with E-state index in [0.29, 0.717) is 11.6 Å². The fourth-order valence-corrected chi connectivity index (χ4v) is 2.72. The summed E-state index contributed by atoms with van der Waals surface area (Å²) < 4.78 is 5.73. The van der Waals surface area contributed by atoms with Gasteiger partial charge < -0.3 is 9.84 Å². The normalized spacial score (nSPS) is 10.6. The van der Waals surface area contributed by atoms with E-state index >= 15 is 0 Å². The molecular formula is C24H20IrNO3-. The van der Waals surface area contributed by atoms with Gasteiger partial charge in [-0.15, -0.1) is 12.1 Å². The monoisotopic (exact) mass is 563 g/mol. The Morgan fingerprint density at radius 3 is 2.17 bits per heavy atom. The van der Waals surface area contributed by atoms with Crippen molar-refractivity contribution in [2.75, 3.05) is 0 Å². The molecular weight excluding hydrogens is 542 g/mol. The topological polar surface area (TPSA) is 59.4 Å². The van der Waals surface area contributed by atoms with Crippen LogP contribution < -0.4 is 4.74 Å². The van der Waals surface area contributed by atoms with Crippen LogP contribution in [0, 0.1) is 6.07 Å². The minimum Gasteiger partial charge on any atom is -0.512 e. The predicted octanol–water partition coefficient (Wildman–Crippen LogP) is 6.02. The zero-order valence-corrected chi connectivity index (χ0v) is 18.4. The number of allylic oxidation sites excluding steroid dienone is 2. The number of ether oxygens (including phenoxy) is 1. The number of benzene rings is 3.